The second-order valence-corrected chi connectivity index (χ2v) is 7.77. The minimum absolute atomic E-state index is 0.114. The number of carbonyl (C=O) groups excluding carboxylic acids is 1. The lowest BCUT2D eigenvalue weighted by Gasteiger charge is -2.23. The van der Waals surface area contributed by atoms with Crippen molar-refractivity contribution in [3.8, 4) is 11.6 Å². The first kappa shape index (κ1) is 17.6. The van der Waals surface area contributed by atoms with E-state index in [2.05, 4.69) is 15.6 Å². The summed E-state index contributed by atoms with van der Waals surface area (Å²) >= 11 is 11.9. The lowest BCUT2D eigenvalue weighted by molar-refractivity contribution is -0.118. The molecule has 0 bridgehead atoms. The number of amides is 1. The number of benzene rings is 1. The normalized spacial score (nSPS) is 20.6. The predicted molar refractivity (Wildman–Crippen MR) is 102 cm³/mol. The zero-order valence-corrected chi connectivity index (χ0v) is 15.6. The van der Waals surface area contributed by atoms with Crippen LogP contribution in [0.15, 0.2) is 36.5 Å². The molecule has 1 unspecified atom stereocenters. The van der Waals surface area contributed by atoms with Gasteiger partial charge in [-0.05, 0) is 68.1 Å². The number of hydrogen-bond donors (Lipinski definition) is 2. The predicted octanol–water partition coefficient (Wildman–Crippen LogP) is 4.51. The first-order chi connectivity index (χ1) is 12.6. The molecule has 26 heavy (non-hydrogen) atoms. The number of halogens is 2. The lowest BCUT2D eigenvalue weighted by atomic mass is 9.92. The summed E-state index contributed by atoms with van der Waals surface area (Å²) in [5.41, 5.74) is 0.989. The van der Waals surface area contributed by atoms with E-state index in [-0.39, 0.29) is 17.2 Å². The fraction of sp³-hybridized carbons (Fsp3) is 0.368. The Balaban J connectivity index is 1.36. The zero-order chi connectivity index (χ0) is 18.1. The number of nitrogens with zero attached hydrogens (tertiary/aromatic N) is 1. The van der Waals surface area contributed by atoms with Crippen LogP contribution in [0.4, 0.5) is 5.69 Å². The Morgan fingerprint density at radius 3 is 2.65 bits per heavy atom. The number of hydrogen-bond acceptors (Lipinski definition) is 4. The molecule has 1 atom stereocenters. The first-order valence-corrected chi connectivity index (χ1v) is 9.42. The number of aromatic nitrogens is 1. The van der Waals surface area contributed by atoms with E-state index in [1.54, 1.807) is 18.2 Å². The lowest BCUT2D eigenvalue weighted by Crippen LogP contribution is -2.31. The van der Waals surface area contributed by atoms with E-state index in [4.69, 9.17) is 27.9 Å². The van der Waals surface area contributed by atoms with E-state index in [1.807, 2.05) is 12.1 Å². The summed E-state index contributed by atoms with van der Waals surface area (Å²) in [5.74, 6) is 1.13. The van der Waals surface area contributed by atoms with Crippen molar-refractivity contribution < 1.29 is 9.53 Å². The van der Waals surface area contributed by atoms with Gasteiger partial charge in [-0.2, -0.15) is 0 Å². The Labute approximate surface area is 162 Å². The molecule has 2 aromatic rings. The number of carbonyl (C=O) groups is 1. The van der Waals surface area contributed by atoms with E-state index < -0.39 is 0 Å². The third-order valence-electron chi connectivity index (χ3n) is 5.22. The third-order valence-corrected chi connectivity index (χ3v) is 5.69. The van der Waals surface area contributed by atoms with Gasteiger partial charge in [-0.1, -0.05) is 23.2 Å². The molecular formula is C19H19Cl2N3O2. The van der Waals surface area contributed by atoms with Crippen LogP contribution in [0.2, 0.25) is 10.0 Å². The highest BCUT2D eigenvalue weighted by Gasteiger charge is 2.57. The number of nitrogens with one attached hydrogen (secondary N) is 2. The van der Waals surface area contributed by atoms with Gasteiger partial charge >= 0.3 is 0 Å². The van der Waals surface area contributed by atoms with Gasteiger partial charge in [0.05, 0.1) is 5.02 Å². The summed E-state index contributed by atoms with van der Waals surface area (Å²) in [7, 11) is 0. The monoisotopic (exact) mass is 391 g/mol. The molecule has 1 aromatic carbocycles. The average molecular weight is 392 g/mol. The van der Waals surface area contributed by atoms with Crippen LogP contribution < -0.4 is 15.4 Å². The Hall–Kier alpha value is -1.82. The zero-order valence-electron chi connectivity index (χ0n) is 14.1. The van der Waals surface area contributed by atoms with Crippen LogP contribution in [0.25, 0.3) is 0 Å². The van der Waals surface area contributed by atoms with Gasteiger partial charge in [-0.15, -0.1) is 0 Å². The highest BCUT2D eigenvalue weighted by molar-refractivity contribution is 6.35. The molecule has 1 amide bonds. The molecule has 4 rings (SSSR count). The van der Waals surface area contributed by atoms with Gasteiger partial charge in [0.2, 0.25) is 11.8 Å². The van der Waals surface area contributed by atoms with Crippen molar-refractivity contribution in [2.24, 2.45) is 11.3 Å². The van der Waals surface area contributed by atoms with E-state index in [0.717, 1.165) is 38.0 Å². The molecule has 0 radical (unpaired) electrons. The van der Waals surface area contributed by atoms with Gasteiger partial charge in [0.15, 0.2) is 0 Å². The SMILES string of the molecule is O=C(Nc1ccc(Oc2ncc(Cl)cc2Cl)cc1)C1CC12CCNCC2. The van der Waals surface area contributed by atoms with Gasteiger partial charge in [0.25, 0.3) is 0 Å². The van der Waals surface area contributed by atoms with Crippen LogP contribution in [0.3, 0.4) is 0 Å². The van der Waals surface area contributed by atoms with Crippen LogP contribution in [0.1, 0.15) is 19.3 Å². The van der Waals surface area contributed by atoms with Crippen molar-refractivity contribution in [3.63, 3.8) is 0 Å². The molecule has 7 heteroatoms. The summed E-state index contributed by atoms with van der Waals surface area (Å²) in [6, 6.07) is 8.75. The van der Waals surface area contributed by atoms with E-state index in [1.165, 1.54) is 6.20 Å². The highest BCUT2D eigenvalue weighted by atomic mass is 35.5. The van der Waals surface area contributed by atoms with Gasteiger partial charge in [-0.3, -0.25) is 4.79 Å². The van der Waals surface area contributed by atoms with Gasteiger partial charge in [-0.25, -0.2) is 4.98 Å². The van der Waals surface area contributed by atoms with Crippen molar-refractivity contribution >= 4 is 34.8 Å². The molecule has 2 fully saturated rings. The average Bonchev–Trinajstić information content (AvgIpc) is 3.33. The molecular weight excluding hydrogens is 373 g/mol. The molecule has 1 saturated carbocycles. The Bertz CT molecular complexity index is 820. The minimum Gasteiger partial charge on any atom is -0.438 e. The molecule has 2 aliphatic rings. The van der Waals surface area contributed by atoms with Crippen LogP contribution >= 0.6 is 23.2 Å². The summed E-state index contributed by atoms with van der Waals surface area (Å²) in [4.78, 5) is 16.6. The molecule has 1 saturated heterocycles. The van der Waals surface area contributed by atoms with E-state index in [0.29, 0.717) is 21.7 Å². The van der Waals surface area contributed by atoms with Crippen molar-refractivity contribution in [1.29, 1.82) is 0 Å². The number of ether oxygens (including phenoxy) is 1. The Morgan fingerprint density at radius 2 is 1.96 bits per heavy atom. The van der Waals surface area contributed by atoms with E-state index in [9.17, 15) is 4.79 Å². The van der Waals surface area contributed by atoms with Crippen molar-refractivity contribution in [2.75, 3.05) is 18.4 Å². The third kappa shape index (κ3) is 3.65. The maximum Gasteiger partial charge on any atom is 0.238 e. The van der Waals surface area contributed by atoms with Crippen molar-refractivity contribution in [3.05, 3.63) is 46.6 Å². The fourth-order valence-corrected chi connectivity index (χ4v) is 4.04. The van der Waals surface area contributed by atoms with Crippen molar-refractivity contribution in [1.82, 2.24) is 10.3 Å². The Morgan fingerprint density at radius 1 is 1.23 bits per heavy atom. The topological polar surface area (TPSA) is 63.2 Å². The summed E-state index contributed by atoms with van der Waals surface area (Å²) < 4.78 is 5.65. The molecule has 136 valence electrons. The summed E-state index contributed by atoms with van der Waals surface area (Å²) in [6.45, 7) is 2.02. The fourth-order valence-electron chi connectivity index (χ4n) is 3.62. The van der Waals surface area contributed by atoms with Crippen molar-refractivity contribution in [2.45, 2.75) is 19.3 Å². The largest absolute Gasteiger partial charge is 0.438 e. The van der Waals surface area contributed by atoms with E-state index >= 15 is 0 Å². The molecule has 1 aliphatic heterocycles. The quantitative estimate of drug-likeness (QED) is 0.804. The summed E-state index contributed by atoms with van der Waals surface area (Å²) in [6.07, 6.45) is 4.66. The number of piperidine rings is 1. The smallest absolute Gasteiger partial charge is 0.238 e. The van der Waals surface area contributed by atoms with Crippen LogP contribution in [0, 0.1) is 11.3 Å². The second-order valence-electron chi connectivity index (χ2n) is 6.93. The molecule has 2 N–H and O–H groups in total. The molecule has 1 aromatic heterocycles. The standard InChI is InChI=1S/C19H19Cl2N3O2/c20-12-9-16(21)18(23-11-12)26-14-3-1-13(2-4-14)24-17(25)15-10-19(15)5-7-22-8-6-19/h1-4,9,11,15,22H,5-8,10H2,(H,24,25). The van der Waals surface area contributed by atoms with Crippen LogP contribution in [-0.2, 0) is 4.79 Å². The van der Waals surface area contributed by atoms with Gasteiger partial charge < -0.3 is 15.4 Å². The second kappa shape index (κ2) is 7.06. The number of pyridine rings is 1. The van der Waals surface area contributed by atoms with Crippen LogP contribution in [0.5, 0.6) is 11.6 Å². The first-order valence-electron chi connectivity index (χ1n) is 8.66. The molecule has 2 heterocycles. The Kier molecular flexibility index (Phi) is 4.78. The highest BCUT2D eigenvalue weighted by Crippen LogP contribution is 2.58. The van der Waals surface area contributed by atoms with Gasteiger partial charge in [0, 0.05) is 17.8 Å². The van der Waals surface area contributed by atoms with Crippen LogP contribution in [-0.4, -0.2) is 24.0 Å². The number of rotatable bonds is 4. The number of anilines is 1. The minimum atomic E-state index is 0.114. The maximum atomic E-state index is 12.5. The van der Waals surface area contributed by atoms with Gasteiger partial charge in [0.1, 0.15) is 10.8 Å². The maximum absolute atomic E-state index is 12.5. The molecule has 1 spiro atoms. The molecule has 5 nitrogen and oxygen atoms in total. The summed E-state index contributed by atoms with van der Waals surface area (Å²) in [5, 5.41) is 7.16. The molecule has 1 aliphatic carbocycles.